The number of hydrogen-bond donors (Lipinski definition) is 1. The van der Waals surface area contributed by atoms with Gasteiger partial charge in [0.2, 0.25) is 5.91 Å². The molecule has 1 amide bonds. The molecule has 3 nitrogen and oxygen atoms in total. The predicted molar refractivity (Wildman–Crippen MR) is 97.9 cm³/mol. The average molecular weight is 333 g/mol. The lowest BCUT2D eigenvalue weighted by atomic mass is 9.90. The standard InChI is InChI=1S/C19H24N2O.ClH/c1-14-5-4-10-21(18(14)13-20)19(22)12-15-8-9-16-6-2-3-7-17(16)11-15;/h2-3,6-9,11,14,18H,4-5,10,12-13,20H2,1H3;1H. The zero-order valence-corrected chi connectivity index (χ0v) is 14.4. The molecule has 2 atom stereocenters. The Bertz CT molecular complexity index is 673. The molecule has 2 aromatic rings. The number of benzene rings is 2. The minimum absolute atomic E-state index is 0. The second-order valence-electron chi connectivity index (χ2n) is 6.37. The maximum Gasteiger partial charge on any atom is 0.227 e. The fourth-order valence-corrected chi connectivity index (χ4v) is 3.54. The first-order valence-electron chi connectivity index (χ1n) is 8.16. The number of carbonyl (C=O) groups excluding carboxylic acids is 1. The minimum Gasteiger partial charge on any atom is -0.338 e. The third kappa shape index (κ3) is 3.85. The number of halogens is 1. The van der Waals surface area contributed by atoms with Crippen LogP contribution in [-0.2, 0) is 11.2 Å². The first-order chi connectivity index (χ1) is 10.7. The van der Waals surface area contributed by atoms with Gasteiger partial charge in [-0.2, -0.15) is 0 Å². The molecule has 2 aromatic carbocycles. The van der Waals surface area contributed by atoms with Gasteiger partial charge in [-0.05, 0) is 35.1 Å². The van der Waals surface area contributed by atoms with Gasteiger partial charge in [-0.15, -0.1) is 12.4 Å². The summed E-state index contributed by atoms with van der Waals surface area (Å²) in [7, 11) is 0. The molecule has 124 valence electrons. The van der Waals surface area contributed by atoms with Crippen LogP contribution < -0.4 is 5.73 Å². The molecule has 0 radical (unpaired) electrons. The van der Waals surface area contributed by atoms with E-state index in [2.05, 4.69) is 37.3 Å². The van der Waals surface area contributed by atoms with Crippen LogP contribution in [0.5, 0.6) is 0 Å². The largest absolute Gasteiger partial charge is 0.338 e. The molecule has 1 aliphatic heterocycles. The molecule has 0 aliphatic carbocycles. The highest BCUT2D eigenvalue weighted by Gasteiger charge is 2.30. The molecule has 23 heavy (non-hydrogen) atoms. The van der Waals surface area contributed by atoms with Crippen LogP contribution in [0.1, 0.15) is 25.3 Å². The Hall–Kier alpha value is -1.58. The van der Waals surface area contributed by atoms with E-state index < -0.39 is 0 Å². The third-order valence-corrected chi connectivity index (χ3v) is 4.85. The molecule has 4 heteroatoms. The van der Waals surface area contributed by atoms with E-state index in [1.807, 2.05) is 17.0 Å². The SMILES string of the molecule is CC1CCCN(C(=O)Cc2ccc3ccccc3c2)C1CN.Cl. The van der Waals surface area contributed by atoms with Gasteiger partial charge in [0.25, 0.3) is 0 Å². The van der Waals surface area contributed by atoms with Crippen molar-refractivity contribution in [3.05, 3.63) is 48.0 Å². The third-order valence-electron chi connectivity index (χ3n) is 4.85. The van der Waals surface area contributed by atoms with E-state index in [0.717, 1.165) is 18.5 Å². The van der Waals surface area contributed by atoms with Crippen LogP contribution >= 0.6 is 12.4 Å². The summed E-state index contributed by atoms with van der Waals surface area (Å²) < 4.78 is 0. The van der Waals surface area contributed by atoms with E-state index in [1.165, 1.54) is 17.2 Å². The molecule has 0 saturated carbocycles. The number of nitrogens with zero attached hydrogens (tertiary/aromatic N) is 1. The smallest absolute Gasteiger partial charge is 0.227 e. The molecule has 1 fully saturated rings. The Kier molecular flexibility index (Phi) is 6.03. The number of likely N-dealkylation sites (tertiary alicyclic amines) is 1. The molecule has 1 heterocycles. The molecule has 1 saturated heterocycles. The predicted octanol–water partition coefficient (Wildman–Crippen LogP) is 3.39. The van der Waals surface area contributed by atoms with Crippen molar-refractivity contribution in [3.8, 4) is 0 Å². The van der Waals surface area contributed by atoms with Crippen molar-refractivity contribution >= 4 is 29.1 Å². The lowest BCUT2D eigenvalue weighted by Crippen LogP contribution is -2.51. The summed E-state index contributed by atoms with van der Waals surface area (Å²) in [4.78, 5) is 14.7. The Balaban J connectivity index is 0.00000192. The van der Waals surface area contributed by atoms with Crippen LogP contribution in [0.2, 0.25) is 0 Å². The van der Waals surface area contributed by atoms with Crippen LogP contribution in [0, 0.1) is 5.92 Å². The van der Waals surface area contributed by atoms with E-state index in [0.29, 0.717) is 18.9 Å². The van der Waals surface area contributed by atoms with Gasteiger partial charge in [-0.1, -0.05) is 49.4 Å². The Morgan fingerprint density at radius 2 is 1.96 bits per heavy atom. The minimum atomic E-state index is 0. The van der Waals surface area contributed by atoms with Crippen molar-refractivity contribution < 1.29 is 4.79 Å². The van der Waals surface area contributed by atoms with Crippen molar-refractivity contribution in [3.63, 3.8) is 0 Å². The number of fused-ring (bicyclic) bond motifs is 1. The summed E-state index contributed by atoms with van der Waals surface area (Å²) in [6.45, 7) is 3.61. The van der Waals surface area contributed by atoms with Gasteiger partial charge >= 0.3 is 0 Å². The van der Waals surface area contributed by atoms with Crippen LogP contribution in [0.15, 0.2) is 42.5 Å². The average Bonchev–Trinajstić information content (AvgIpc) is 2.54. The monoisotopic (exact) mass is 332 g/mol. The summed E-state index contributed by atoms with van der Waals surface area (Å²) in [5, 5.41) is 2.40. The van der Waals surface area contributed by atoms with Crippen molar-refractivity contribution in [2.24, 2.45) is 11.7 Å². The van der Waals surface area contributed by atoms with Crippen molar-refractivity contribution in [1.29, 1.82) is 0 Å². The normalized spacial score (nSPS) is 21.0. The first kappa shape index (κ1) is 17.8. The molecule has 2 N–H and O–H groups in total. The van der Waals surface area contributed by atoms with E-state index in [4.69, 9.17) is 5.73 Å². The van der Waals surface area contributed by atoms with Gasteiger partial charge < -0.3 is 10.6 Å². The van der Waals surface area contributed by atoms with E-state index >= 15 is 0 Å². The molecule has 1 aliphatic rings. The number of piperidine rings is 1. The topological polar surface area (TPSA) is 46.3 Å². The number of carbonyl (C=O) groups is 1. The number of nitrogens with two attached hydrogens (primary N) is 1. The number of rotatable bonds is 3. The maximum absolute atomic E-state index is 12.7. The fraction of sp³-hybridized carbons (Fsp3) is 0.421. The van der Waals surface area contributed by atoms with Gasteiger partial charge in [0, 0.05) is 19.1 Å². The Morgan fingerprint density at radius 1 is 1.22 bits per heavy atom. The maximum atomic E-state index is 12.7. The van der Waals surface area contributed by atoms with Crippen LogP contribution in [0.25, 0.3) is 10.8 Å². The first-order valence-corrected chi connectivity index (χ1v) is 8.16. The highest BCUT2D eigenvalue weighted by molar-refractivity contribution is 5.86. The van der Waals surface area contributed by atoms with E-state index in [1.54, 1.807) is 0 Å². The number of amides is 1. The molecular weight excluding hydrogens is 308 g/mol. The van der Waals surface area contributed by atoms with Crippen molar-refractivity contribution in [1.82, 2.24) is 4.90 Å². The van der Waals surface area contributed by atoms with Crippen LogP contribution in [-0.4, -0.2) is 29.9 Å². The summed E-state index contributed by atoms with van der Waals surface area (Å²) in [6.07, 6.45) is 2.72. The van der Waals surface area contributed by atoms with E-state index in [-0.39, 0.29) is 24.4 Å². The zero-order chi connectivity index (χ0) is 15.5. The fourth-order valence-electron chi connectivity index (χ4n) is 3.54. The summed E-state index contributed by atoms with van der Waals surface area (Å²) in [6, 6.07) is 14.7. The highest BCUT2D eigenvalue weighted by Crippen LogP contribution is 2.24. The molecule has 3 rings (SSSR count). The van der Waals surface area contributed by atoms with Gasteiger partial charge in [0.1, 0.15) is 0 Å². The quantitative estimate of drug-likeness (QED) is 0.936. The summed E-state index contributed by atoms with van der Waals surface area (Å²) in [5.74, 6) is 0.705. The van der Waals surface area contributed by atoms with Crippen LogP contribution in [0.3, 0.4) is 0 Å². The summed E-state index contributed by atoms with van der Waals surface area (Å²) in [5.41, 5.74) is 6.98. The lowest BCUT2D eigenvalue weighted by Gasteiger charge is -2.39. The molecule has 0 bridgehead atoms. The van der Waals surface area contributed by atoms with Gasteiger partial charge in [-0.25, -0.2) is 0 Å². The molecular formula is C19H25ClN2O. The zero-order valence-electron chi connectivity index (χ0n) is 13.6. The summed E-state index contributed by atoms with van der Waals surface area (Å²) >= 11 is 0. The van der Waals surface area contributed by atoms with Gasteiger partial charge in [0.15, 0.2) is 0 Å². The highest BCUT2D eigenvalue weighted by atomic mass is 35.5. The lowest BCUT2D eigenvalue weighted by molar-refractivity contribution is -0.135. The van der Waals surface area contributed by atoms with Crippen molar-refractivity contribution in [2.75, 3.05) is 13.1 Å². The van der Waals surface area contributed by atoms with Crippen LogP contribution in [0.4, 0.5) is 0 Å². The van der Waals surface area contributed by atoms with Gasteiger partial charge in [-0.3, -0.25) is 4.79 Å². The Morgan fingerprint density at radius 3 is 2.70 bits per heavy atom. The second kappa shape index (κ2) is 7.80. The molecule has 0 spiro atoms. The second-order valence-corrected chi connectivity index (χ2v) is 6.37. The molecule has 0 aromatic heterocycles. The van der Waals surface area contributed by atoms with Gasteiger partial charge in [0.05, 0.1) is 6.42 Å². The molecule has 2 unspecified atom stereocenters. The van der Waals surface area contributed by atoms with E-state index in [9.17, 15) is 4.79 Å². The van der Waals surface area contributed by atoms with Crippen molar-refractivity contribution in [2.45, 2.75) is 32.2 Å². The number of hydrogen-bond acceptors (Lipinski definition) is 2. The Labute approximate surface area is 144 Å².